The van der Waals surface area contributed by atoms with E-state index >= 15 is 0 Å². The number of nitrogens with two attached hydrogens (primary N) is 1. The van der Waals surface area contributed by atoms with Crippen LogP contribution < -0.4 is 5.73 Å². The van der Waals surface area contributed by atoms with Gasteiger partial charge in [0, 0.05) is 32.7 Å². The summed E-state index contributed by atoms with van der Waals surface area (Å²) in [6.45, 7) is 4.31. The molecule has 4 nitrogen and oxygen atoms in total. The van der Waals surface area contributed by atoms with Gasteiger partial charge in [0.15, 0.2) is 0 Å². The molecule has 0 aromatic carbocycles. The predicted molar refractivity (Wildman–Crippen MR) is 47.9 cm³/mol. The zero-order valence-corrected chi connectivity index (χ0v) is 7.79. The Morgan fingerprint density at radius 3 is 2.83 bits per heavy atom. The van der Waals surface area contributed by atoms with Gasteiger partial charge < -0.3 is 15.5 Å². The summed E-state index contributed by atoms with van der Waals surface area (Å²) in [7, 11) is 1.83. The number of rotatable bonds is 2. The highest BCUT2D eigenvalue weighted by Gasteiger charge is 2.22. The van der Waals surface area contributed by atoms with Gasteiger partial charge in [0.25, 0.3) is 0 Å². The van der Waals surface area contributed by atoms with Crippen molar-refractivity contribution in [1.82, 2.24) is 9.80 Å². The largest absolute Gasteiger partial charge is 0.328 e. The van der Waals surface area contributed by atoms with Crippen LogP contribution in [0.25, 0.3) is 0 Å². The molecule has 1 rings (SSSR count). The van der Waals surface area contributed by atoms with E-state index in [-0.39, 0.29) is 12.1 Å². The maximum atomic E-state index is 11.5. The van der Waals surface area contributed by atoms with Crippen LogP contribution in [0.1, 0.15) is 13.3 Å². The number of hydrogen-bond donors (Lipinski definition) is 1. The minimum Gasteiger partial charge on any atom is -0.328 e. The topological polar surface area (TPSA) is 49.6 Å². The van der Waals surface area contributed by atoms with E-state index in [1.54, 1.807) is 4.90 Å². The quantitative estimate of drug-likeness (QED) is 0.640. The summed E-state index contributed by atoms with van der Waals surface area (Å²) in [6.07, 6.45) is 1.05. The van der Waals surface area contributed by atoms with Crippen LogP contribution in [0.15, 0.2) is 0 Å². The summed E-state index contributed by atoms with van der Waals surface area (Å²) in [4.78, 5) is 15.0. The molecule has 2 amide bonds. The van der Waals surface area contributed by atoms with Crippen molar-refractivity contribution in [3.8, 4) is 0 Å². The summed E-state index contributed by atoms with van der Waals surface area (Å²) in [5.74, 6) is 0. The Morgan fingerprint density at radius 1 is 1.58 bits per heavy atom. The van der Waals surface area contributed by atoms with Gasteiger partial charge in [-0.2, -0.15) is 0 Å². The average molecular weight is 171 g/mol. The molecule has 12 heavy (non-hydrogen) atoms. The van der Waals surface area contributed by atoms with Gasteiger partial charge in [0.2, 0.25) is 0 Å². The molecule has 1 aliphatic heterocycles. The molecule has 1 saturated heterocycles. The highest BCUT2D eigenvalue weighted by atomic mass is 16.2. The van der Waals surface area contributed by atoms with Gasteiger partial charge in [-0.3, -0.25) is 0 Å². The van der Waals surface area contributed by atoms with Crippen molar-refractivity contribution in [3.05, 3.63) is 0 Å². The van der Waals surface area contributed by atoms with E-state index in [9.17, 15) is 4.79 Å². The summed E-state index contributed by atoms with van der Waals surface area (Å²) in [6, 6.07) is 0.180. The normalized spacial score (nSPS) is 21.4. The number of nitrogens with zero attached hydrogens (tertiary/aromatic N) is 2. The maximum absolute atomic E-state index is 11.5. The van der Waals surface area contributed by atoms with Gasteiger partial charge in [-0.15, -0.1) is 0 Å². The Morgan fingerprint density at radius 2 is 2.25 bits per heavy atom. The molecule has 1 aliphatic rings. The van der Waals surface area contributed by atoms with Crippen LogP contribution >= 0.6 is 0 Å². The minimum absolute atomic E-state index is 0.0699. The Labute approximate surface area is 73.3 Å². The van der Waals surface area contributed by atoms with Gasteiger partial charge in [0.1, 0.15) is 0 Å². The molecule has 2 N–H and O–H groups in total. The molecular formula is C8H17N3O. The Bertz CT molecular complexity index is 170. The first-order valence-electron chi connectivity index (χ1n) is 4.37. The maximum Gasteiger partial charge on any atom is 0.319 e. The fourth-order valence-electron chi connectivity index (χ4n) is 1.45. The molecular weight excluding hydrogens is 154 g/mol. The zero-order chi connectivity index (χ0) is 9.14. The highest BCUT2D eigenvalue weighted by Crippen LogP contribution is 2.06. The van der Waals surface area contributed by atoms with Gasteiger partial charge in [-0.25, -0.2) is 4.79 Å². The molecule has 0 spiro atoms. The van der Waals surface area contributed by atoms with Gasteiger partial charge >= 0.3 is 6.03 Å². The first-order chi connectivity index (χ1) is 5.61. The molecule has 0 aliphatic carbocycles. The lowest BCUT2D eigenvalue weighted by atomic mass is 10.2. The van der Waals surface area contributed by atoms with Crippen molar-refractivity contribution in [2.75, 3.05) is 26.7 Å². The Balaban J connectivity index is 2.46. The van der Waals surface area contributed by atoms with E-state index < -0.39 is 0 Å². The molecule has 1 atom stereocenters. The van der Waals surface area contributed by atoms with Crippen molar-refractivity contribution < 1.29 is 4.79 Å². The summed E-state index contributed by atoms with van der Waals surface area (Å²) < 4.78 is 0. The molecule has 0 aromatic rings. The molecule has 1 fully saturated rings. The Hall–Kier alpha value is -0.770. The van der Waals surface area contributed by atoms with Gasteiger partial charge in [-0.1, -0.05) is 0 Å². The third kappa shape index (κ3) is 2.11. The van der Waals surface area contributed by atoms with E-state index in [2.05, 4.69) is 0 Å². The van der Waals surface area contributed by atoms with Crippen LogP contribution in [-0.4, -0.2) is 48.6 Å². The second-order valence-electron chi connectivity index (χ2n) is 3.48. The fourth-order valence-corrected chi connectivity index (χ4v) is 1.45. The highest BCUT2D eigenvalue weighted by molar-refractivity contribution is 5.74. The molecule has 0 aromatic heterocycles. The molecule has 0 bridgehead atoms. The SMILES string of the molecule is C[C@H](N)CN1CCCN(C)C1=O. The van der Waals surface area contributed by atoms with Gasteiger partial charge in [-0.05, 0) is 13.3 Å². The zero-order valence-electron chi connectivity index (χ0n) is 7.79. The van der Waals surface area contributed by atoms with E-state index in [4.69, 9.17) is 5.73 Å². The van der Waals surface area contributed by atoms with E-state index in [1.807, 2.05) is 18.9 Å². The van der Waals surface area contributed by atoms with Crippen LogP contribution in [-0.2, 0) is 0 Å². The van der Waals surface area contributed by atoms with Crippen molar-refractivity contribution in [2.24, 2.45) is 5.73 Å². The third-order valence-electron chi connectivity index (χ3n) is 2.03. The summed E-state index contributed by atoms with van der Waals surface area (Å²) in [5.41, 5.74) is 5.62. The fraction of sp³-hybridized carbons (Fsp3) is 0.875. The molecule has 1 heterocycles. The van der Waals surface area contributed by atoms with Crippen LogP contribution in [0.4, 0.5) is 4.79 Å². The standard InChI is InChI=1S/C8H17N3O/c1-7(9)6-11-5-3-4-10(2)8(11)12/h7H,3-6,9H2,1-2H3/t7-/m0/s1. The minimum atomic E-state index is 0.0699. The number of carbonyl (C=O) groups excluding carboxylic acids is 1. The van der Waals surface area contributed by atoms with Crippen molar-refractivity contribution in [1.29, 1.82) is 0 Å². The number of carbonyl (C=O) groups is 1. The first kappa shape index (κ1) is 9.32. The third-order valence-corrected chi connectivity index (χ3v) is 2.03. The van der Waals surface area contributed by atoms with Crippen LogP contribution in [0, 0.1) is 0 Å². The second-order valence-corrected chi connectivity index (χ2v) is 3.48. The van der Waals surface area contributed by atoms with E-state index in [0.717, 1.165) is 19.5 Å². The van der Waals surface area contributed by atoms with Gasteiger partial charge in [0.05, 0.1) is 0 Å². The summed E-state index contributed by atoms with van der Waals surface area (Å²) in [5, 5.41) is 0. The molecule has 0 saturated carbocycles. The average Bonchev–Trinajstić information content (AvgIpc) is 1.98. The molecule has 70 valence electrons. The smallest absolute Gasteiger partial charge is 0.319 e. The monoisotopic (exact) mass is 171 g/mol. The lowest BCUT2D eigenvalue weighted by Gasteiger charge is -2.34. The molecule has 4 heteroatoms. The predicted octanol–water partition coefficient (Wildman–Crippen LogP) is 0.0911. The van der Waals surface area contributed by atoms with Crippen molar-refractivity contribution in [2.45, 2.75) is 19.4 Å². The van der Waals surface area contributed by atoms with Crippen molar-refractivity contribution in [3.63, 3.8) is 0 Å². The molecule has 0 unspecified atom stereocenters. The number of urea groups is 1. The number of amides is 2. The second kappa shape index (κ2) is 3.76. The van der Waals surface area contributed by atoms with Crippen LogP contribution in [0.3, 0.4) is 0 Å². The number of hydrogen-bond acceptors (Lipinski definition) is 2. The van der Waals surface area contributed by atoms with Crippen LogP contribution in [0.5, 0.6) is 0 Å². The van der Waals surface area contributed by atoms with E-state index in [1.165, 1.54) is 0 Å². The lowest BCUT2D eigenvalue weighted by Crippen LogP contribution is -2.50. The lowest BCUT2D eigenvalue weighted by molar-refractivity contribution is 0.139. The molecule has 0 radical (unpaired) electrons. The van der Waals surface area contributed by atoms with Crippen LogP contribution in [0.2, 0.25) is 0 Å². The first-order valence-corrected chi connectivity index (χ1v) is 4.37. The van der Waals surface area contributed by atoms with Crippen molar-refractivity contribution >= 4 is 6.03 Å². The Kier molecular flexibility index (Phi) is 2.92. The summed E-state index contributed by atoms with van der Waals surface area (Å²) >= 11 is 0. The van der Waals surface area contributed by atoms with E-state index in [0.29, 0.717) is 6.54 Å².